The summed E-state index contributed by atoms with van der Waals surface area (Å²) in [6, 6.07) is 13.4. The first kappa shape index (κ1) is 20.7. The summed E-state index contributed by atoms with van der Waals surface area (Å²) in [5.74, 6) is 0.486. The minimum Gasteiger partial charge on any atom is -0.384 e. The van der Waals surface area contributed by atoms with Crippen LogP contribution in [0.25, 0.3) is 0 Å². The van der Waals surface area contributed by atoms with Gasteiger partial charge in [-0.2, -0.15) is 0 Å². The monoisotopic (exact) mass is 388 g/mol. The number of hydrogen-bond donors (Lipinski definition) is 2. The molecule has 2 aromatic rings. The number of rotatable bonds is 5. The van der Waals surface area contributed by atoms with Crippen molar-refractivity contribution in [3.63, 3.8) is 0 Å². The third kappa shape index (κ3) is 5.96. The normalized spacial score (nSPS) is 14.3. The van der Waals surface area contributed by atoms with Crippen LogP contribution in [-0.2, 0) is 16.0 Å². The van der Waals surface area contributed by atoms with Crippen molar-refractivity contribution >= 4 is 35.7 Å². The van der Waals surface area contributed by atoms with E-state index >= 15 is 0 Å². The number of carbonyl (C=O) groups excluding carboxylic acids is 2. The molecule has 1 aliphatic heterocycles. The molecular weight excluding hydrogens is 364 g/mol. The van der Waals surface area contributed by atoms with Gasteiger partial charge in [-0.3, -0.25) is 9.59 Å². The second-order valence-corrected chi connectivity index (χ2v) is 6.60. The van der Waals surface area contributed by atoms with Crippen LogP contribution < -0.4 is 11.1 Å². The van der Waals surface area contributed by atoms with Gasteiger partial charge in [-0.05, 0) is 37.0 Å². The number of nitrogens with two attached hydrogens (primary N) is 1. The van der Waals surface area contributed by atoms with Crippen LogP contribution in [0.1, 0.15) is 24.8 Å². The van der Waals surface area contributed by atoms with Crippen molar-refractivity contribution in [1.29, 1.82) is 0 Å². The second-order valence-electron chi connectivity index (χ2n) is 6.60. The molecule has 0 aliphatic carbocycles. The van der Waals surface area contributed by atoms with Crippen LogP contribution in [0.15, 0.2) is 48.7 Å². The van der Waals surface area contributed by atoms with E-state index in [4.69, 9.17) is 5.73 Å². The number of pyridine rings is 1. The maximum atomic E-state index is 12.4. The highest BCUT2D eigenvalue weighted by molar-refractivity contribution is 5.92. The van der Waals surface area contributed by atoms with Crippen molar-refractivity contribution < 1.29 is 9.59 Å². The van der Waals surface area contributed by atoms with E-state index in [9.17, 15) is 9.59 Å². The zero-order valence-electron chi connectivity index (χ0n) is 15.1. The SMILES string of the molecule is Cl.Nc1ccc(NC(=O)C2CCN(C(=O)CCc3ccccc3)CC2)cn1. The highest BCUT2D eigenvalue weighted by Crippen LogP contribution is 2.20. The molecule has 0 bridgehead atoms. The average Bonchev–Trinajstić information content (AvgIpc) is 2.69. The molecule has 27 heavy (non-hydrogen) atoms. The number of piperidine rings is 1. The molecule has 7 heteroatoms. The Bertz CT molecular complexity index is 744. The Morgan fingerprint density at radius 1 is 1.11 bits per heavy atom. The quantitative estimate of drug-likeness (QED) is 0.824. The zero-order chi connectivity index (χ0) is 18.4. The molecule has 6 nitrogen and oxygen atoms in total. The number of aryl methyl sites for hydroxylation is 1. The Balaban J connectivity index is 0.00000261. The molecule has 1 fully saturated rings. The maximum Gasteiger partial charge on any atom is 0.227 e. The third-order valence-corrected chi connectivity index (χ3v) is 4.74. The predicted molar refractivity (Wildman–Crippen MR) is 109 cm³/mol. The number of nitrogen functional groups attached to an aromatic ring is 1. The molecule has 2 heterocycles. The van der Waals surface area contributed by atoms with Gasteiger partial charge in [-0.1, -0.05) is 30.3 Å². The summed E-state index contributed by atoms with van der Waals surface area (Å²) >= 11 is 0. The number of nitrogens with one attached hydrogen (secondary N) is 1. The van der Waals surface area contributed by atoms with Gasteiger partial charge >= 0.3 is 0 Å². The summed E-state index contributed by atoms with van der Waals surface area (Å²) in [5.41, 5.74) is 7.36. The lowest BCUT2D eigenvalue weighted by Gasteiger charge is -2.31. The fourth-order valence-electron chi connectivity index (χ4n) is 3.17. The molecule has 1 aromatic heterocycles. The van der Waals surface area contributed by atoms with Crippen LogP contribution in [-0.4, -0.2) is 34.8 Å². The molecule has 2 amide bonds. The van der Waals surface area contributed by atoms with E-state index in [2.05, 4.69) is 10.3 Å². The highest BCUT2D eigenvalue weighted by Gasteiger charge is 2.27. The van der Waals surface area contributed by atoms with E-state index < -0.39 is 0 Å². The van der Waals surface area contributed by atoms with Crippen molar-refractivity contribution in [3.05, 3.63) is 54.2 Å². The first-order chi connectivity index (χ1) is 12.6. The Kier molecular flexibility index (Phi) is 7.61. The summed E-state index contributed by atoms with van der Waals surface area (Å²) in [4.78, 5) is 30.6. The number of carbonyl (C=O) groups is 2. The molecule has 0 unspecified atom stereocenters. The molecule has 0 spiro atoms. The molecule has 1 saturated heterocycles. The lowest BCUT2D eigenvalue weighted by Crippen LogP contribution is -2.41. The standard InChI is InChI=1S/C20H24N4O2.ClH/c21-18-8-7-17(14-22-18)23-20(26)16-10-12-24(13-11-16)19(25)9-6-15-4-2-1-3-5-15;/h1-5,7-8,14,16H,6,9-13H2,(H2,21,22)(H,23,26);1H. The number of amides is 2. The minimum absolute atomic E-state index is 0. The first-order valence-corrected chi connectivity index (χ1v) is 8.96. The molecular formula is C20H25ClN4O2. The Morgan fingerprint density at radius 3 is 2.44 bits per heavy atom. The molecule has 1 aliphatic rings. The summed E-state index contributed by atoms with van der Waals surface area (Å²) in [5, 5.41) is 2.87. The number of likely N-dealkylation sites (tertiary alicyclic amines) is 1. The predicted octanol–water partition coefficient (Wildman–Crippen LogP) is 2.90. The largest absolute Gasteiger partial charge is 0.384 e. The van der Waals surface area contributed by atoms with Crippen molar-refractivity contribution in [2.24, 2.45) is 5.92 Å². The number of aromatic nitrogens is 1. The molecule has 3 rings (SSSR count). The number of halogens is 1. The molecule has 144 valence electrons. The van der Waals surface area contributed by atoms with Crippen molar-refractivity contribution in [2.75, 3.05) is 24.1 Å². The van der Waals surface area contributed by atoms with Gasteiger partial charge in [-0.15, -0.1) is 12.4 Å². The van der Waals surface area contributed by atoms with Crippen molar-refractivity contribution in [2.45, 2.75) is 25.7 Å². The van der Waals surface area contributed by atoms with Gasteiger partial charge in [0, 0.05) is 25.4 Å². The highest BCUT2D eigenvalue weighted by atomic mass is 35.5. The van der Waals surface area contributed by atoms with E-state index in [1.165, 1.54) is 5.56 Å². The summed E-state index contributed by atoms with van der Waals surface area (Å²) in [7, 11) is 0. The van der Waals surface area contributed by atoms with Crippen LogP contribution in [0, 0.1) is 5.92 Å². The smallest absolute Gasteiger partial charge is 0.227 e. The van der Waals surface area contributed by atoms with Crippen LogP contribution >= 0.6 is 12.4 Å². The molecule has 0 radical (unpaired) electrons. The van der Waals surface area contributed by atoms with Crippen LogP contribution in [0.2, 0.25) is 0 Å². The van der Waals surface area contributed by atoms with Gasteiger partial charge in [0.1, 0.15) is 5.82 Å². The van der Waals surface area contributed by atoms with Crippen molar-refractivity contribution in [1.82, 2.24) is 9.88 Å². The van der Waals surface area contributed by atoms with Crippen LogP contribution in [0.3, 0.4) is 0 Å². The fourth-order valence-corrected chi connectivity index (χ4v) is 3.17. The van der Waals surface area contributed by atoms with Gasteiger partial charge in [0.25, 0.3) is 0 Å². The number of hydrogen-bond acceptors (Lipinski definition) is 4. The van der Waals surface area contributed by atoms with Gasteiger partial charge in [-0.25, -0.2) is 4.98 Å². The van der Waals surface area contributed by atoms with Gasteiger partial charge in [0.05, 0.1) is 11.9 Å². The summed E-state index contributed by atoms with van der Waals surface area (Å²) < 4.78 is 0. The zero-order valence-corrected chi connectivity index (χ0v) is 16.0. The van der Waals surface area contributed by atoms with Crippen LogP contribution in [0.4, 0.5) is 11.5 Å². The fraction of sp³-hybridized carbons (Fsp3) is 0.350. The summed E-state index contributed by atoms with van der Waals surface area (Å²) in [6.07, 6.45) is 4.19. The van der Waals surface area contributed by atoms with E-state index in [1.54, 1.807) is 18.3 Å². The number of benzene rings is 1. The van der Waals surface area contributed by atoms with E-state index in [-0.39, 0.29) is 30.1 Å². The average molecular weight is 389 g/mol. The number of nitrogens with zero attached hydrogens (tertiary/aromatic N) is 2. The third-order valence-electron chi connectivity index (χ3n) is 4.74. The molecule has 1 aromatic carbocycles. The summed E-state index contributed by atoms with van der Waals surface area (Å²) in [6.45, 7) is 1.26. The van der Waals surface area contributed by atoms with Crippen molar-refractivity contribution in [3.8, 4) is 0 Å². The maximum absolute atomic E-state index is 12.4. The lowest BCUT2D eigenvalue weighted by molar-refractivity contribution is -0.134. The van der Waals surface area contributed by atoms with E-state index in [1.807, 2.05) is 35.2 Å². The first-order valence-electron chi connectivity index (χ1n) is 8.96. The Labute approximate surface area is 165 Å². The van der Waals surface area contributed by atoms with Crippen LogP contribution in [0.5, 0.6) is 0 Å². The number of anilines is 2. The van der Waals surface area contributed by atoms with Gasteiger partial charge in [0.2, 0.25) is 11.8 Å². The van der Waals surface area contributed by atoms with E-state index in [0.29, 0.717) is 43.9 Å². The lowest BCUT2D eigenvalue weighted by atomic mass is 9.95. The Hall–Kier alpha value is -2.60. The molecule has 3 N–H and O–H groups in total. The van der Waals surface area contributed by atoms with Gasteiger partial charge in [0.15, 0.2) is 0 Å². The topological polar surface area (TPSA) is 88.3 Å². The Morgan fingerprint density at radius 2 is 1.81 bits per heavy atom. The molecule has 0 atom stereocenters. The van der Waals surface area contributed by atoms with Gasteiger partial charge < -0.3 is 16.0 Å². The second kappa shape index (κ2) is 9.92. The minimum atomic E-state index is -0.0780. The molecule has 0 saturated carbocycles. The van der Waals surface area contributed by atoms with E-state index in [0.717, 1.165) is 6.42 Å².